The van der Waals surface area contributed by atoms with Gasteiger partial charge in [-0.25, -0.2) is 8.42 Å². The van der Waals surface area contributed by atoms with Gasteiger partial charge in [-0.3, -0.25) is 0 Å². The van der Waals surface area contributed by atoms with Crippen molar-refractivity contribution < 1.29 is 13.2 Å². The lowest BCUT2D eigenvalue weighted by molar-refractivity contribution is 0.403. The van der Waals surface area contributed by atoms with Crippen LogP contribution >= 0.6 is 10.7 Å². The molecular formula is C10H10ClNO3S. The Hall–Kier alpha value is -1.25. The van der Waals surface area contributed by atoms with Gasteiger partial charge in [-0.1, -0.05) is 6.92 Å². The summed E-state index contributed by atoms with van der Waals surface area (Å²) in [5, 5.41) is 8.88. The van der Waals surface area contributed by atoms with Crippen molar-refractivity contribution in [3.05, 3.63) is 23.3 Å². The smallest absolute Gasteiger partial charge is 0.264 e. The summed E-state index contributed by atoms with van der Waals surface area (Å²) >= 11 is 0. The van der Waals surface area contributed by atoms with Crippen LogP contribution in [0.3, 0.4) is 0 Å². The zero-order valence-corrected chi connectivity index (χ0v) is 10.4. The minimum Gasteiger partial charge on any atom is -0.495 e. The molecule has 0 N–H and O–H groups in total. The second-order valence-electron chi connectivity index (χ2n) is 3.06. The molecule has 1 aromatic rings. The fourth-order valence-corrected chi connectivity index (χ4v) is 2.38. The summed E-state index contributed by atoms with van der Waals surface area (Å²) in [7, 11) is 2.74. The van der Waals surface area contributed by atoms with Crippen LogP contribution in [0.1, 0.15) is 18.1 Å². The number of rotatable bonds is 3. The Morgan fingerprint density at radius 3 is 2.50 bits per heavy atom. The number of hydrogen-bond donors (Lipinski definition) is 0. The normalized spacial score (nSPS) is 10.9. The number of nitrogens with zero attached hydrogens (tertiary/aromatic N) is 1. The molecule has 0 atom stereocenters. The molecule has 0 aromatic heterocycles. The van der Waals surface area contributed by atoms with Crippen LogP contribution in [0.15, 0.2) is 17.0 Å². The van der Waals surface area contributed by atoms with Gasteiger partial charge in [0, 0.05) is 10.7 Å². The molecule has 0 amide bonds. The van der Waals surface area contributed by atoms with E-state index in [1.165, 1.54) is 19.2 Å². The van der Waals surface area contributed by atoms with Gasteiger partial charge < -0.3 is 4.74 Å². The first kappa shape index (κ1) is 12.8. The van der Waals surface area contributed by atoms with E-state index in [1.807, 2.05) is 13.0 Å². The summed E-state index contributed by atoms with van der Waals surface area (Å²) in [4.78, 5) is -0.104. The molecule has 86 valence electrons. The SMILES string of the molecule is CCc1cc(S(=O)(=O)Cl)c(OC)cc1C#N. The molecule has 4 nitrogen and oxygen atoms in total. The van der Waals surface area contributed by atoms with Crippen molar-refractivity contribution in [1.82, 2.24) is 0 Å². The fraction of sp³-hybridized carbons (Fsp3) is 0.300. The van der Waals surface area contributed by atoms with Gasteiger partial charge in [0.15, 0.2) is 0 Å². The molecule has 0 aliphatic carbocycles. The lowest BCUT2D eigenvalue weighted by Crippen LogP contribution is -2.00. The molecule has 1 rings (SSSR count). The van der Waals surface area contributed by atoms with Crippen LogP contribution in [0.5, 0.6) is 5.75 Å². The molecule has 0 unspecified atom stereocenters. The van der Waals surface area contributed by atoms with Gasteiger partial charge in [-0.15, -0.1) is 0 Å². The zero-order chi connectivity index (χ0) is 12.3. The summed E-state index contributed by atoms with van der Waals surface area (Å²) < 4.78 is 27.5. The van der Waals surface area contributed by atoms with Crippen molar-refractivity contribution in [2.45, 2.75) is 18.2 Å². The maximum absolute atomic E-state index is 11.3. The summed E-state index contributed by atoms with van der Waals surface area (Å²) in [6.45, 7) is 1.83. The Kier molecular flexibility index (Phi) is 3.79. The first-order valence-corrected chi connectivity index (χ1v) is 6.80. The first-order valence-electron chi connectivity index (χ1n) is 4.49. The second kappa shape index (κ2) is 4.73. The average Bonchev–Trinajstić information content (AvgIpc) is 2.25. The predicted molar refractivity (Wildman–Crippen MR) is 60.1 cm³/mol. The summed E-state index contributed by atoms with van der Waals surface area (Å²) in [5.74, 6) is 0.0868. The number of hydrogen-bond acceptors (Lipinski definition) is 4. The number of methoxy groups -OCH3 is 1. The monoisotopic (exact) mass is 259 g/mol. The van der Waals surface area contributed by atoms with Gasteiger partial charge in [0.1, 0.15) is 10.6 Å². The highest BCUT2D eigenvalue weighted by Gasteiger charge is 2.19. The zero-order valence-electron chi connectivity index (χ0n) is 8.82. The number of benzene rings is 1. The van der Waals surface area contributed by atoms with Crippen molar-refractivity contribution in [2.24, 2.45) is 0 Å². The largest absolute Gasteiger partial charge is 0.495 e. The van der Waals surface area contributed by atoms with E-state index in [1.54, 1.807) is 0 Å². The molecule has 0 heterocycles. The lowest BCUT2D eigenvalue weighted by atomic mass is 10.1. The Morgan fingerprint density at radius 2 is 2.12 bits per heavy atom. The molecule has 0 saturated carbocycles. The molecule has 0 aliphatic heterocycles. The van der Waals surface area contributed by atoms with E-state index in [0.29, 0.717) is 17.5 Å². The molecule has 0 radical (unpaired) electrons. The van der Waals surface area contributed by atoms with Crippen LogP contribution in [-0.2, 0) is 15.5 Å². The average molecular weight is 260 g/mol. The summed E-state index contributed by atoms with van der Waals surface area (Å²) in [6.07, 6.45) is 0.548. The highest BCUT2D eigenvalue weighted by molar-refractivity contribution is 8.13. The van der Waals surface area contributed by atoms with Crippen molar-refractivity contribution in [3.63, 3.8) is 0 Å². The molecule has 0 aliphatic rings. The Balaban J connectivity index is 3.58. The van der Waals surface area contributed by atoms with Gasteiger partial charge in [0.2, 0.25) is 0 Å². The van der Waals surface area contributed by atoms with E-state index in [4.69, 9.17) is 20.7 Å². The number of halogens is 1. The van der Waals surface area contributed by atoms with Gasteiger partial charge >= 0.3 is 0 Å². The van der Waals surface area contributed by atoms with E-state index < -0.39 is 9.05 Å². The lowest BCUT2D eigenvalue weighted by Gasteiger charge is -2.09. The number of ether oxygens (including phenoxy) is 1. The molecule has 0 fully saturated rings. The topological polar surface area (TPSA) is 67.2 Å². The van der Waals surface area contributed by atoms with Gasteiger partial charge in [-0.2, -0.15) is 5.26 Å². The molecular weight excluding hydrogens is 250 g/mol. The van der Waals surface area contributed by atoms with Gasteiger partial charge in [0.25, 0.3) is 9.05 Å². The van der Waals surface area contributed by atoms with Crippen molar-refractivity contribution in [3.8, 4) is 11.8 Å². The molecule has 0 spiro atoms. The van der Waals surface area contributed by atoms with Crippen molar-refractivity contribution in [1.29, 1.82) is 5.26 Å². The third-order valence-corrected chi connectivity index (χ3v) is 3.50. The van der Waals surface area contributed by atoms with E-state index in [2.05, 4.69) is 0 Å². The Labute approximate surface area is 98.8 Å². The van der Waals surface area contributed by atoms with Crippen molar-refractivity contribution >= 4 is 19.7 Å². The van der Waals surface area contributed by atoms with Crippen LogP contribution in [0, 0.1) is 11.3 Å². The maximum atomic E-state index is 11.3. The van der Waals surface area contributed by atoms with Crippen LogP contribution in [0.2, 0.25) is 0 Å². The number of aryl methyl sites for hydroxylation is 1. The molecule has 6 heteroatoms. The Bertz CT molecular complexity index is 546. The number of nitriles is 1. The van der Waals surface area contributed by atoms with Crippen LogP contribution in [0.4, 0.5) is 0 Å². The highest BCUT2D eigenvalue weighted by atomic mass is 35.7. The van der Waals surface area contributed by atoms with Gasteiger partial charge in [-0.05, 0) is 24.1 Å². The van der Waals surface area contributed by atoms with E-state index in [9.17, 15) is 8.42 Å². The van der Waals surface area contributed by atoms with Crippen LogP contribution in [-0.4, -0.2) is 15.5 Å². The van der Waals surface area contributed by atoms with E-state index in [-0.39, 0.29) is 10.6 Å². The fourth-order valence-electron chi connectivity index (χ4n) is 1.35. The summed E-state index contributed by atoms with van der Waals surface area (Å²) in [5.41, 5.74) is 1.02. The summed E-state index contributed by atoms with van der Waals surface area (Å²) in [6, 6.07) is 4.74. The third-order valence-electron chi connectivity index (χ3n) is 2.15. The van der Waals surface area contributed by atoms with Crippen molar-refractivity contribution in [2.75, 3.05) is 7.11 Å². The quantitative estimate of drug-likeness (QED) is 0.779. The van der Waals surface area contributed by atoms with E-state index >= 15 is 0 Å². The minimum atomic E-state index is -3.87. The van der Waals surface area contributed by atoms with E-state index in [0.717, 1.165) is 0 Å². The highest BCUT2D eigenvalue weighted by Crippen LogP contribution is 2.30. The predicted octanol–water partition coefficient (Wildman–Crippen LogP) is 2.06. The van der Waals surface area contributed by atoms with Gasteiger partial charge in [0.05, 0.1) is 18.7 Å². The standard InChI is InChI=1S/C10H10ClNO3S/c1-3-7-5-10(16(11,13)14)9(15-2)4-8(7)6-12/h4-5H,3H2,1-2H3. The molecule has 0 bridgehead atoms. The van der Waals surface area contributed by atoms with Crippen LogP contribution < -0.4 is 4.74 Å². The molecule has 1 aromatic carbocycles. The Morgan fingerprint density at radius 1 is 1.50 bits per heavy atom. The third kappa shape index (κ3) is 2.46. The molecule has 16 heavy (non-hydrogen) atoms. The van der Waals surface area contributed by atoms with Crippen LogP contribution in [0.25, 0.3) is 0 Å². The second-order valence-corrected chi connectivity index (χ2v) is 5.60. The first-order chi connectivity index (χ1) is 7.43. The minimum absolute atomic E-state index is 0.0868. The maximum Gasteiger partial charge on any atom is 0.264 e. The molecule has 0 saturated heterocycles.